The molecule has 0 bridgehead atoms. The highest BCUT2D eigenvalue weighted by Gasteiger charge is 2.13. The molecule has 0 amide bonds. The smallest absolute Gasteiger partial charge is 0.0721 e. The standard InChI is InChI=1S/C13H16O2/c14-13-7-6-12(8-13)10-15-9-11-4-2-1-3-5-11/h1-6,13-14H,7-10H2/t13-/m1/s1. The van der Waals surface area contributed by atoms with Gasteiger partial charge in [0, 0.05) is 0 Å². The molecule has 0 unspecified atom stereocenters. The van der Waals surface area contributed by atoms with Gasteiger partial charge >= 0.3 is 0 Å². The maximum absolute atomic E-state index is 9.31. The first-order valence-corrected chi connectivity index (χ1v) is 5.32. The molecule has 1 atom stereocenters. The van der Waals surface area contributed by atoms with Gasteiger partial charge in [0.05, 0.1) is 19.3 Å². The Hall–Kier alpha value is -1.12. The number of aliphatic hydroxyl groups is 1. The fraction of sp³-hybridized carbons (Fsp3) is 0.385. The van der Waals surface area contributed by atoms with Crippen molar-refractivity contribution < 1.29 is 9.84 Å². The molecule has 2 heteroatoms. The summed E-state index contributed by atoms with van der Waals surface area (Å²) in [5, 5.41) is 9.31. The molecule has 0 saturated heterocycles. The van der Waals surface area contributed by atoms with Gasteiger partial charge < -0.3 is 9.84 Å². The summed E-state index contributed by atoms with van der Waals surface area (Å²) >= 11 is 0. The summed E-state index contributed by atoms with van der Waals surface area (Å²) in [4.78, 5) is 0. The molecule has 0 radical (unpaired) electrons. The zero-order chi connectivity index (χ0) is 10.5. The van der Waals surface area contributed by atoms with Crippen LogP contribution in [0, 0.1) is 0 Å². The summed E-state index contributed by atoms with van der Waals surface area (Å²) in [5.41, 5.74) is 2.41. The minimum atomic E-state index is -0.180. The van der Waals surface area contributed by atoms with E-state index in [1.807, 2.05) is 18.2 Å². The summed E-state index contributed by atoms with van der Waals surface area (Å²) in [7, 11) is 0. The number of benzene rings is 1. The van der Waals surface area contributed by atoms with Crippen molar-refractivity contribution in [3.05, 3.63) is 47.5 Å². The van der Waals surface area contributed by atoms with Gasteiger partial charge in [-0.25, -0.2) is 0 Å². The van der Waals surface area contributed by atoms with Crippen LogP contribution in [0.15, 0.2) is 42.0 Å². The van der Waals surface area contributed by atoms with E-state index >= 15 is 0 Å². The summed E-state index contributed by atoms with van der Waals surface area (Å²) in [6.07, 6.45) is 3.45. The Morgan fingerprint density at radius 1 is 1.20 bits per heavy atom. The second kappa shape index (κ2) is 5.10. The minimum absolute atomic E-state index is 0.180. The van der Waals surface area contributed by atoms with Crippen molar-refractivity contribution in [2.75, 3.05) is 6.61 Å². The van der Waals surface area contributed by atoms with Gasteiger partial charge in [-0.15, -0.1) is 0 Å². The summed E-state index contributed by atoms with van der Waals surface area (Å²) in [6.45, 7) is 1.29. The molecule has 0 heterocycles. The van der Waals surface area contributed by atoms with Crippen molar-refractivity contribution in [2.45, 2.75) is 25.6 Å². The third-order valence-corrected chi connectivity index (χ3v) is 2.58. The molecule has 15 heavy (non-hydrogen) atoms. The number of aliphatic hydroxyl groups excluding tert-OH is 1. The maximum atomic E-state index is 9.31. The van der Waals surface area contributed by atoms with Crippen LogP contribution in [0.4, 0.5) is 0 Å². The lowest BCUT2D eigenvalue weighted by molar-refractivity contribution is 0.134. The number of hydrogen-bond acceptors (Lipinski definition) is 2. The zero-order valence-corrected chi connectivity index (χ0v) is 8.73. The summed E-state index contributed by atoms with van der Waals surface area (Å²) < 4.78 is 5.57. The van der Waals surface area contributed by atoms with Crippen LogP contribution in [0.25, 0.3) is 0 Å². The normalized spacial score (nSPS) is 20.3. The van der Waals surface area contributed by atoms with Crippen molar-refractivity contribution in [1.82, 2.24) is 0 Å². The minimum Gasteiger partial charge on any atom is -0.392 e. The lowest BCUT2D eigenvalue weighted by atomic mass is 10.2. The van der Waals surface area contributed by atoms with Gasteiger partial charge in [0.25, 0.3) is 0 Å². The van der Waals surface area contributed by atoms with Crippen molar-refractivity contribution in [3.8, 4) is 0 Å². The molecular weight excluding hydrogens is 188 g/mol. The zero-order valence-electron chi connectivity index (χ0n) is 8.73. The van der Waals surface area contributed by atoms with Gasteiger partial charge in [-0.1, -0.05) is 36.4 Å². The molecule has 1 aliphatic rings. The topological polar surface area (TPSA) is 29.5 Å². The second-order valence-corrected chi connectivity index (χ2v) is 3.93. The SMILES string of the molecule is O[C@@H]1CC=C(COCc2ccccc2)C1. The van der Waals surface area contributed by atoms with E-state index in [4.69, 9.17) is 4.74 Å². The lowest BCUT2D eigenvalue weighted by Crippen LogP contribution is -2.02. The first-order chi connectivity index (χ1) is 7.34. The van der Waals surface area contributed by atoms with Gasteiger partial charge in [-0.3, -0.25) is 0 Å². The van der Waals surface area contributed by atoms with Gasteiger partial charge in [0.15, 0.2) is 0 Å². The maximum Gasteiger partial charge on any atom is 0.0721 e. The highest BCUT2D eigenvalue weighted by molar-refractivity contribution is 5.14. The predicted molar refractivity (Wildman–Crippen MR) is 59.4 cm³/mol. The van der Waals surface area contributed by atoms with E-state index in [1.165, 1.54) is 11.1 Å². The number of ether oxygens (including phenoxy) is 1. The van der Waals surface area contributed by atoms with Crippen LogP contribution in [0.3, 0.4) is 0 Å². The first kappa shape index (κ1) is 10.4. The lowest BCUT2D eigenvalue weighted by Gasteiger charge is -2.05. The van der Waals surface area contributed by atoms with Gasteiger partial charge in [0.2, 0.25) is 0 Å². The van der Waals surface area contributed by atoms with Crippen LogP contribution in [0.1, 0.15) is 18.4 Å². The van der Waals surface area contributed by atoms with Crippen molar-refractivity contribution in [2.24, 2.45) is 0 Å². The predicted octanol–water partition coefficient (Wildman–Crippen LogP) is 2.28. The molecule has 0 aliphatic heterocycles. The van der Waals surface area contributed by atoms with Gasteiger partial charge in [-0.2, -0.15) is 0 Å². The Morgan fingerprint density at radius 2 is 2.00 bits per heavy atom. The van der Waals surface area contributed by atoms with Crippen LogP contribution >= 0.6 is 0 Å². The molecule has 2 rings (SSSR count). The van der Waals surface area contributed by atoms with Crippen molar-refractivity contribution in [3.63, 3.8) is 0 Å². The molecule has 0 saturated carbocycles. The Bertz CT molecular complexity index is 330. The quantitative estimate of drug-likeness (QED) is 0.762. The molecule has 1 aromatic carbocycles. The van der Waals surface area contributed by atoms with Crippen LogP contribution in [-0.2, 0) is 11.3 Å². The molecule has 0 aromatic heterocycles. The fourth-order valence-corrected chi connectivity index (χ4v) is 1.76. The number of rotatable bonds is 4. The third-order valence-electron chi connectivity index (χ3n) is 2.58. The number of hydrogen-bond donors (Lipinski definition) is 1. The average Bonchev–Trinajstić information content (AvgIpc) is 2.66. The van der Waals surface area contributed by atoms with E-state index in [1.54, 1.807) is 0 Å². The third kappa shape index (κ3) is 3.18. The van der Waals surface area contributed by atoms with Crippen LogP contribution in [-0.4, -0.2) is 17.8 Å². The van der Waals surface area contributed by atoms with Crippen LogP contribution < -0.4 is 0 Å². The summed E-state index contributed by atoms with van der Waals surface area (Å²) in [5.74, 6) is 0. The highest BCUT2D eigenvalue weighted by Crippen LogP contribution is 2.18. The Labute approximate surface area is 90.2 Å². The molecule has 1 N–H and O–H groups in total. The van der Waals surface area contributed by atoms with Crippen molar-refractivity contribution in [1.29, 1.82) is 0 Å². The van der Waals surface area contributed by atoms with Gasteiger partial charge in [-0.05, 0) is 24.0 Å². The monoisotopic (exact) mass is 204 g/mol. The van der Waals surface area contributed by atoms with E-state index < -0.39 is 0 Å². The average molecular weight is 204 g/mol. The largest absolute Gasteiger partial charge is 0.392 e. The molecule has 0 spiro atoms. The van der Waals surface area contributed by atoms with Crippen LogP contribution in [0.2, 0.25) is 0 Å². The molecule has 1 aliphatic carbocycles. The molecule has 2 nitrogen and oxygen atoms in total. The molecule has 0 fully saturated rings. The first-order valence-electron chi connectivity index (χ1n) is 5.32. The van der Waals surface area contributed by atoms with E-state index in [2.05, 4.69) is 18.2 Å². The highest BCUT2D eigenvalue weighted by atomic mass is 16.5. The Kier molecular flexibility index (Phi) is 3.54. The fourth-order valence-electron chi connectivity index (χ4n) is 1.76. The van der Waals surface area contributed by atoms with E-state index in [-0.39, 0.29) is 6.10 Å². The van der Waals surface area contributed by atoms with Crippen LogP contribution in [0.5, 0.6) is 0 Å². The van der Waals surface area contributed by atoms with E-state index in [0.29, 0.717) is 13.2 Å². The van der Waals surface area contributed by atoms with E-state index in [9.17, 15) is 5.11 Å². The van der Waals surface area contributed by atoms with Crippen molar-refractivity contribution >= 4 is 0 Å². The Balaban J connectivity index is 1.72. The summed E-state index contributed by atoms with van der Waals surface area (Å²) in [6, 6.07) is 10.1. The van der Waals surface area contributed by atoms with Gasteiger partial charge in [0.1, 0.15) is 0 Å². The van der Waals surface area contributed by atoms with E-state index in [0.717, 1.165) is 12.8 Å². The molecule has 1 aromatic rings. The molecular formula is C13H16O2. The Morgan fingerprint density at radius 3 is 2.67 bits per heavy atom. The second-order valence-electron chi connectivity index (χ2n) is 3.93. The molecule has 80 valence electrons.